The van der Waals surface area contributed by atoms with Crippen molar-refractivity contribution in [2.24, 2.45) is 5.73 Å². The minimum atomic E-state index is -3.87. The Balaban J connectivity index is 2.36. The molecule has 1 aliphatic heterocycles. The van der Waals surface area contributed by atoms with Crippen molar-refractivity contribution in [3.63, 3.8) is 0 Å². The second-order valence-corrected chi connectivity index (χ2v) is 6.55. The predicted molar refractivity (Wildman–Crippen MR) is 76.5 cm³/mol. The zero-order valence-corrected chi connectivity index (χ0v) is 12.5. The smallest absolute Gasteiger partial charge is 0.246 e. The quantitative estimate of drug-likeness (QED) is 0.809. The molecular formula is C14H17FN2O3S. The van der Waals surface area contributed by atoms with Gasteiger partial charge in [-0.25, -0.2) is 12.8 Å². The van der Waals surface area contributed by atoms with Crippen LogP contribution in [0.5, 0.6) is 0 Å². The van der Waals surface area contributed by atoms with Crippen LogP contribution in [0.15, 0.2) is 23.1 Å². The number of nitrogens with two attached hydrogens (primary N) is 1. The van der Waals surface area contributed by atoms with Crippen LogP contribution in [0.25, 0.3) is 0 Å². The lowest BCUT2D eigenvalue weighted by molar-refractivity contribution is 0.0392. The van der Waals surface area contributed by atoms with Crippen LogP contribution >= 0.6 is 0 Å². The summed E-state index contributed by atoms with van der Waals surface area (Å²) in [5.41, 5.74) is 5.64. The predicted octanol–water partition coefficient (Wildman–Crippen LogP) is 0.545. The monoisotopic (exact) mass is 312 g/mol. The molecule has 114 valence electrons. The molecule has 1 unspecified atom stereocenters. The van der Waals surface area contributed by atoms with Crippen LogP contribution < -0.4 is 5.73 Å². The number of rotatable bonds is 2. The van der Waals surface area contributed by atoms with E-state index in [0.29, 0.717) is 18.8 Å². The molecule has 0 saturated carbocycles. The maximum absolute atomic E-state index is 14.1. The lowest BCUT2D eigenvalue weighted by Gasteiger charge is -2.32. The number of sulfonamides is 1. The Morgan fingerprint density at radius 1 is 1.52 bits per heavy atom. The molecule has 5 nitrogen and oxygen atoms in total. The molecule has 0 amide bonds. The highest BCUT2D eigenvalue weighted by Gasteiger charge is 2.33. The van der Waals surface area contributed by atoms with E-state index in [1.807, 2.05) is 0 Å². The van der Waals surface area contributed by atoms with Crippen LogP contribution in [0, 0.1) is 17.7 Å². The highest BCUT2D eigenvalue weighted by molar-refractivity contribution is 7.89. The highest BCUT2D eigenvalue weighted by Crippen LogP contribution is 2.23. The number of hydrogen-bond donors (Lipinski definition) is 1. The Kier molecular flexibility index (Phi) is 4.96. The summed E-state index contributed by atoms with van der Waals surface area (Å²) >= 11 is 0. The third-order valence-corrected chi connectivity index (χ3v) is 5.21. The van der Waals surface area contributed by atoms with Gasteiger partial charge in [0, 0.05) is 18.2 Å². The summed E-state index contributed by atoms with van der Waals surface area (Å²) in [6, 6.07) is 3.51. The van der Waals surface area contributed by atoms with Crippen molar-refractivity contribution in [1.82, 2.24) is 4.31 Å². The molecule has 0 radical (unpaired) electrons. The van der Waals surface area contributed by atoms with Crippen LogP contribution in [0.2, 0.25) is 0 Å². The van der Waals surface area contributed by atoms with Crippen molar-refractivity contribution >= 4 is 10.0 Å². The lowest BCUT2D eigenvalue weighted by atomic mass is 10.2. The fourth-order valence-corrected chi connectivity index (χ4v) is 3.78. The average molecular weight is 312 g/mol. The largest absolute Gasteiger partial charge is 0.378 e. The minimum Gasteiger partial charge on any atom is -0.378 e. The third kappa shape index (κ3) is 3.41. The van der Waals surface area contributed by atoms with Gasteiger partial charge in [-0.05, 0) is 25.1 Å². The van der Waals surface area contributed by atoms with Gasteiger partial charge in [-0.1, -0.05) is 11.8 Å². The second kappa shape index (κ2) is 6.54. The molecule has 1 atom stereocenters. The average Bonchev–Trinajstić information content (AvgIpc) is 2.45. The van der Waals surface area contributed by atoms with Gasteiger partial charge in [-0.2, -0.15) is 4.31 Å². The Hall–Kier alpha value is -1.46. The maximum atomic E-state index is 14.1. The van der Waals surface area contributed by atoms with Gasteiger partial charge >= 0.3 is 0 Å². The van der Waals surface area contributed by atoms with Crippen molar-refractivity contribution in [1.29, 1.82) is 0 Å². The first kappa shape index (κ1) is 15.9. The van der Waals surface area contributed by atoms with Crippen LogP contribution in [0.4, 0.5) is 4.39 Å². The van der Waals surface area contributed by atoms with Gasteiger partial charge in [0.1, 0.15) is 10.7 Å². The highest BCUT2D eigenvalue weighted by atomic mass is 32.2. The van der Waals surface area contributed by atoms with E-state index in [4.69, 9.17) is 10.5 Å². The van der Waals surface area contributed by atoms with Gasteiger partial charge in [-0.15, -0.1) is 0 Å². The second-order valence-electron chi connectivity index (χ2n) is 4.69. The molecule has 2 N–H and O–H groups in total. The summed E-state index contributed by atoms with van der Waals surface area (Å²) in [6.07, 6.45) is 0. The summed E-state index contributed by atoms with van der Waals surface area (Å²) in [5.74, 6) is 4.46. The molecule has 0 aromatic heterocycles. The van der Waals surface area contributed by atoms with E-state index in [-0.39, 0.29) is 24.0 Å². The zero-order valence-electron chi connectivity index (χ0n) is 11.7. The molecule has 0 bridgehead atoms. The van der Waals surface area contributed by atoms with Crippen LogP contribution in [0.1, 0.15) is 12.5 Å². The van der Waals surface area contributed by atoms with E-state index in [0.717, 1.165) is 6.07 Å². The molecule has 1 aromatic carbocycles. The third-order valence-electron chi connectivity index (χ3n) is 3.16. The maximum Gasteiger partial charge on any atom is 0.246 e. The van der Waals surface area contributed by atoms with E-state index in [9.17, 15) is 12.8 Å². The van der Waals surface area contributed by atoms with E-state index in [1.165, 1.54) is 16.4 Å². The Morgan fingerprint density at radius 3 is 2.90 bits per heavy atom. The normalized spacial score (nSPS) is 19.9. The van der Waals surface area contributed by atoms with Gasteiger partial charge in [0.15, 0.2) is 0 Å². The Morgan fingerprint density at radius 2 is 2.29 bits per heavy atom. The molecule has 1 saturated heterocycles. The van der Waals surface area contributed by atoms with Crippen molar-refractivity contribution < 1.29 is 17.5 Å². The van der Waals surface area contributed by atoms with Gasteiger partial charge in [0.25, 0.3) is 0 Å². The number of halogens is 1. The first-order chi connectivity index (χ1) is 9.96. The molecule has 1 aliphatic rings. The summed E-state index contributed by atoms with van der Waals surface area (Å²) in [5, 5.41) is 0. The molecule has 2 rings (SSSR count). The van der Waals surface area contributed by atoms with Crippen molar-refractivity contribution in [2.45, 2.75) is 17.9 Å². The van der Waals surface area contributed by atoms with Crippen molar-refractivity contribution in [2.75, 3.05) is 26.3 Å². The number of nitrogens with zero attached hydrogens (tertiary/aromatic N) is 1. The molecule has 21 heavy (non-hydrogen) atoms. The topological polar surface area (TPSA) is 72.6 Å². The zero-order chi connectivity index (χ0) is 15.5. The van der Waals surface area contributed by atoms with Crippen molar-refractivity contribution in [3.05, 3.63) is 29.6 Å². The fourth-order valence-electron chi connectivity index (χ4n) is 2.14. The standard InChI is InChI=1S/C14H17FN2O3S/c1-11-10-20-8-7-17(11)21(18,19)14-5-4-12(3-2-6-16)9-13(14)15/h4-5,9,11H,6-8,10,16H2,1H3. The molecule has 1 aromatic rings. The van der Waals surface area contributed by atoms with E-state index in [2.05, 4.69) is 11.8 Å². The summed E-state index contributed by atoms with van der Waals surface area (Å²) in [6.45, 7) is 2.73. The van der Waals surface area contributed by atoms with Crippen molar-refractivity contribution in [3.8, 4) is 11.8 Å². The minimum absolute atomic E-state index is 0.160. The van der Waals surface area contributed by atoms with Crippen LogP contribution in [-0.4, -0.2) is 45.1 Å². The number of benzene rings is 1. The molecule has 0 spiro atoms. The van der Waals surface area contributed by atoms with Gasteiger partial charge < -0.3 is 10.5 Å². The number of morpholine rings is 1. The molecule has 7 heteroatoms. The van der Waals surface area contributed by atoms with Gasteiger partial charge in [0.05, 0.1) is 19.8 Å². The van der Waals surface area contributed by atoms with E-state index < -0.39 is 15.8 Å². The van der Waals surface area contributed by atoms with E-state index >= 15 is 0 Å². The molecule has 1 heterocycles. The molecule has 1 fully saturated rings. The van der Waals surface area contributed by atoms with Gasteiger partial charge in [0.2, 0.25) is 10.0 Å². The fraction of sp³-hybridized carbons (Fsp3) is 0.429. The number of hydrogen-bond acceptors (Lipinski definition) is 4. The van der Waals surface area contributed by atoms with Gasteiger partial charge in [-0.3, -0.25) is 0 Å². The SMILES string of the molecule is CC1COCCN1S(=O)(=O)c1ccc(C#CCN)cc1F. The Bertz CT molecular complexity index is 679. The van der Waals surface area contributed by atoms with Crippen LogP contribution in [0.3, 0.4) is 0 Å². The molecule has 0 aliphatic carbocycles. The van der Waals surface area contributed by atoms with E-state index in [1.54, 1.807) is 6.92 Å². The first-order valence-corrected chi connectivity index (χ1v) is 7.99. The summed E-state index contributed by atoms with van der Waals surface area (Å²) in [4.78, 5) is -0.338. The first-order valence-electron chi connectivity index (χ1n) is 6.55. The van der Waals surface area contributed by atoms with Crippen LogP contribution in [-0.2, 0) is 14.8 Å². The summed E-state index contributed by atoms with van der Waals surface area (Å²) in [7, 11) is -3.87. The summed E-state index contributed by atoms with van der Waals surface area (Å²) < 4.78 is 45.6. The Labute approximate surface area is 123 Å². The molecular weight excluding hydrogens is 295 g/mol. The lowest BCUT2D eigenvalue weighted by Crippen LogP contribution is -2.47. The number of ether oxygens (including phenoxy) is 1.